The van der Waals surface area contributed by atoms with Gasteiger partial charge in [0.1, 0.15) is 12.4 Å². The SMILES string of the molecule is Cc1ccc(CN2c3ccccc3OCC2CC(=O)O)cc1. The van der Waals surface area contributed by atoms with Crippen LogP contribution in [-0.2, 0) is 11.3 Å². The van der Waals surface area contributed by atoms with E-state index in [4.69, 9.17) is 9.84 Å². The van der Waals surface area contributed by atoms with Crippen molar-refractivity contribution in [2.24, 2.45) is 0 Å². The van der Waals surface area contributed by atoms with Crippen molar-refractivity contribution in [3.8, 4) is 5.75 Å². The second-order valence-corrected chi connectivity index (χ2v) is 5.64. The fourth-order valence-corrected chi connectivity index (χ4v) is 2.76. The number of carbonyl (C=O) groups is 1. The molecule has 2 aromatic rings. The number of aliphatic carboxylic acids is 1. The Balaban J connectivity index is 1.91. The van der Waals surface area contributed by atoms with Crippen LogP contribution in [0.25, 0.3) is 0 Å². The summed E-state index contributed by atoms with van der Waals surface area (Å²) in [5, 5.41) is 9.15. The molecule has 2 aromatic carbocycles. The van der Waals surface area contributed by atoms with Crippen molar-refractivity contribution in [1.82, 2.24) is 0 Å². The first-order chi connectivity index (χ1) is 10.6. The van der Waals surface area contributed by atoms with Crippen LogP contribution in [-0.4, -0.2) is 23.7 Å². The zero-order valence-electron chi connectivity index (χ0n) is 12.5. The fraction of sp³-hybridized carbons (Fsp3) is 0.278. The Hall–Kier alpha value is -2.49. The lowest BCUT2D eigenvalue weighted by Crippen LogP contribution is -2.43. The fourth-order valence-electron chi connectivity index (χ4n) is 2.76. The zero-order valence-corrected chi connectivity index (χ0v) is 12.5. The molecule has 0 saturated carbocycles. The molecule has 0 aromatic heterocycles. The monoisotopic (exact) mass is 297 g/mol. The molecule has 1 atom stereocenters. The van der Waals surface area contributed by atoms with Crippen molar-refractivity contribution in [3.05, 3.63) is 59.7 Å². The quantitative estimate of drug-likeness (QED) is 0.941. The topological polar surface area (TPSA) is 49.8 Å². The van der Waals surface area contributed by atoms with E-state index in [1.54, 1.807) is 0 Å². The summed E-state index contributed by atoms with van der Waals surface area (Å²) in [5.41, 5.74) is 3.34. The highest BCUT2D eigenvalue weighted by Gasteiger charge is 2.29. The Morgan fingerprint density at radius 3 is 2.68 bits per heavy atom. The van der Waals surface area contributed by atoms with Crippen LogP contribution in [0.2, 0.25) is 0 Å². The Bertz CT molecular complexity index is 666. The number of carboxylic acids is 1. The van der Waals surface area contributed by atoms with Gasteiger partial charge >= 0.3 is 5.97 Å². The Labute approximate surface area is 130 Å². The van der Waals surface area contributed by atoms with Gasteiger partial charge in [0.2, 0.25) is 0 Å². The van der Waals surface area contributed by atoms with Crippen LogP contribution >= 0.6 is 0 Å². The van der Waals surface area contributed by atoms with Gasteiger partial charge in [-0.1, -0.05) is 42.0 Å². The van der Waals surface area contributed by atoms with E-state index in [0.29, 0.717) is 13.2 Å². The van der Waals surface area contributed by atoms with Crippen molar-refractivity contribution in [2.45, 2.75) is 25.9 Å². The van der Waals surface area contributed by atoms with Crippen molar-refractivity contribution in [2.75, 3.05) is 11.5 Å². The predicted molar refractivity (Wildman–Crippen MR) is 85.3 cm³/mol. The van der Waals surface area contributed by atoms with Crippen LogP contribution in [0.1, 0.15) is 17.5 Å². The van der Waals surface area contributed by atoms with E-state index in [2.05, 4.69) is 36.1 Å². The highest BCUT2D eigenvalue weighted by atomic mass is 16.5. The highest BCUT2D eigenvalue weighted by Crippen LogP contribution is 2.35. The van der Waals surface area contributed by atoms with Crippen LogP contribution in [0.15, 0.2) is 48.5 Å². The summed E-state index contributed by atoms with van der Waals surface area (Å²) in [4.78, 5) is 13.3. The number of anilines is 1. The molecule has 1 aliphatic heterocycles. The van der Waals surface area contributed by atoms with Crippen LogP contribution in [0.4, 0.5) is 5.69 Å². The zero-order chi connectivity index (χ0) is 15.5. The molecule has 3 rings (SSSR count). The number of hydrogen-bond acceptors (Lipinski definition) is 3. The van der Waals surface area contributed by atoms with Gasteiger partial charge in [-0.2, -0.15) is 0 Å². The lowest BCUT2D eigenvalue weighted by atomic mass is 10.1. The first kappa shape index (κ1) is 14.4. The second-order valence-electron chi connectivity index (χ2n) is 5.64. The van der Waals surface area contributed by atoms with Gasteiger partial charge in [-0.25, -0.2) is 0 Å². The maximum Gasteiger partial charge on any atom is 0.305 e. The normalized spacial score (nSPS) is 16.8. The number of carboxylic acid groups (broad SMARTS) is 1. The number of para-hydroxylation sites is 2. The molecule has 22 heavy (non-hydrogen) atoms. The third-order valence-electron chi connectivity index (χ3n) is 3.93. The van der Waals surface area contributed by atoms with E-state index >= 15 is 0 Å². The van der Waals surface area contributed by atoms with Gasteiger partial charge in [0.05, 0.1) is 18.2 Å². The molecular weight excluding hydrogens is 278 g/mol. The maximum atomic E-state index is 11.1. The van der Waals surface area contributed by atoms with Gasteiger partial charge in [0.25, 0.3) is 0 Å². The molecule has 1 N–H and O–H groups in total. The van der Waals surface area contributed by atoms with Crippen LogP contribution in [0.5, 0.6) is 5.75 Å². The van der Waals surface area contributed by atoms with E-state index in [1.807, 2.05) is 24.3 Å². The first-order valence-corrected chi connectivity index (χ1v) is 7.39. The maximum absolute atomic E-state index is 11.1. The smallest absolute Gasteiger partial charge is 0.305 e. The number of ether oxygens (including phenoxy) is 1. The third-order valence-corrected chi connectivity index (χ3v) is 3.93. The van der Waals surface area contributed by atoms with Gasteiger partial charge in [0.15, 0.2) is 0 Å². The summed E-state index contributed by atoms with van der Waals surface area (Å²) >= 11 is 0. The highest BCUT2D eigenvalue weighted by molar-refractivity contribution is 5.70. The lowest BCUT2D eigenvalue weighted by molar-refractivity contribution is -0.137. The summed E-state index contributed by atoms with van der Waals surface area (Å²) < 4.78 is 5.72. The number of hydrogen-bond donors (Lipinski definition) is 1. The molecule has 4 nitrogen and oxygen atoms in total. The molecule has 0 fully saturated rings. The van der Waals surface area contributed by atoms with Gasteiger partial charge in [-0.3, -0.25) is 4.79 Å². The molecule has 0 bridgehead atoms. The summed E-state index contributed by atoms with van der Waals surface area (Å²) in [5.74, 6) is 0.0122. The Morgan fingerprint density at radius 1 is 1.23 bits per heavy atom. The van der Waals surface area contributed by atoms with E-state index < -0.39 is 5.97 Å². The van der Waals surface area contributed by atoms with Crippen molar-refractivity contribution < 1.29 is 14.6 Å². The minimum absolute atomic E-state index is 0.0696. The number of nitrogens with zero attached hydrogens (tertiary/aromatic N) is 1. The number of rotatable bonds is 4. The van der Waals surface area contributed by atoms with Crippen LogP contribution in [0.3, 0.4) is 0 Å². The summed E-state index contributed by atoms with van der Waals surface area (Å²) in [6.45, 7) is 3.13. The van der Waals surface area contributed by atoms with Gasteiger partial charge in [0, 0.05) is 6.54 Å². The van der Waals surface area contributed by atoms with Gasteiger partial charge in [-0.15, -0.1) is 0 Å². The number of aryl methyl sites for hydroxylation is 1. The van der Waals surface area contributed by atoms with E-state index in [-0.39, 0.29) is 12.5 Å². The van der Waals surface area contributed by atoms with Crippen LogP contribution < -0.4 is 9.64 Å². The van der Waals surface area contributed by atoms with Gasteiger partial charge < -0.3 is 14.7 Å². The molecule has 0 radical (unpaired) electrons. The first-order valence-electron chi connectivity index (χ1n) is 7.39. The minimum Gasteiger partial charge on any atom is -0.489 e. The van der Waals surface area contributed by atoms with Crippen molar-refractivity contribution >= 4 is 11.7 Å². The molecule has 114 valence electrons. The summed E-state index contributed by atoms with van der Waals surface area (Å²) in [6, 6.07) is 16.0. The molecule has 0 amide bonds. The van der Waals surface area contributed by atoms with Crippen LogP contribution in [0, 0.1) is 6.92 Å². The van der Waals surface area contributed by atoms with E-state index in [0.717, 1.165) is 17.0 Å². The minimum atomic E-state index is -0.804. The lowest BCUT2D eigenvalue weighted by Gasteiger charge is -2.38. The standard InChI is InChI=1S/C18H19NO3/c1-13-6-8-14(9-7-13)11-19-15(10-18(20)21)12-22-17-5-3-2-4-16(17)19/h2-9,15H,10-12H2,1H3,(H,20,21). The number of fused-ring (bicyclic) bond motifs is 1. The summed E-state index contributed by atoms with van der Waals surface area (Å²) in [6.07, 6.45) is 0.0696. The number of benzene rings is 2. The van der Waals surface area contributed by atoms with Crippen molar-refractivity contribution in [1.29, 1.82) is 0 Å². The molecule has 1 unspecified atom stereocenters. The largest absolute Gasteiger partial charge is 0.489 e. The molecule has 0 aliphatic carbocycles. The molecule has 0 saturated heterocycles. The average Bonchev–Trinajstić information content (AvgIpc) is 2.51. The average molecular weight is 297 g/mol. The summed E-state index contributed by atoms with van der Waals surface area (Å²) in [7, 11) is 0. The molecule has 1 heterocycles. The Kier molecular flexibility index (Phi) is 4.00. The Morgan fingerprint density at radius 2 is 1.95 bits per heavy atom. The van der Waals surface area contributed by atoms with Crippen molar-refractivity contribution in [3.63, 3.8) is 0 Å². The van der Waals surface area contributed by atoms with Gasteiger partial charge in [-0.05, 0) is 24.6 Å². The second kappa shape index (κ2) is 6.10. The predicted octanol–water partition coefficient (Wildman–Crippen LogP) is 3.24. The van der Waals surface area contributed by atoms with E-state index in [1.165, 1.54) is 5.56 Å². The third kappa shape index (κ3) is 3.06. The molecule has 0 spiro atoms. The molecule has 1 aliphatic rings. The molecular formula is C18H19NO3. The van der Waals surface area contributed by atoms with E-state index in [9.17, 15) is 4.79 Å². The molecule has 4 heteroatoms.